The van der Waals surface area contributed by atoms with Crippen molar-refractivity contribution in [1.29, 1.82) is 0 Å². The van der Waals surface area contributed by atoms with E-state index in [-0.39, 0.29) is 41.4 Å². The van der Waals surface area contributed by atoms with Crippen LogP contribution in [0.1, 0.15) is 40.4 Å². The Morgan fingerprint density at radius 1 is 1.03 bits per heavy atom. The van der Waals surface area contributed by atoms with Crippen molar-refractivity contribution in [2.75, 3.05) is 5.32 Å². The molecule has 1 fully saturated rings. The number of nitro groups is 1. The first-order valence-electron chi connectivity index (χ1n) is 11.3. The molecule has 1 aliphatic carbocycles. The normalized spacial score (nSPS) is 16.9. The number of carbonyl (C=O) groups excluding carboxylic acids is 2. The smallest absolute Gasteiger partial charge is 0.270 e. The molecule has 2 amide bonds. The number of aromatic amines is 1. The van der Waals surface area contributed by atoms with Crippen molar-refractivity contribution in [3.63, 3.8) is 0 Å². The molecule has 0 aliphatic heterocycles. The molecule has 1 aliphatic rings. The second-order valence-electron chi connectivity index (χ2n) is 8.72. The highest BCUT2D eigenvalue weighted by molar-refractivity contribution is 5.96. The van der Waals surface area contributed by atoms with Gasteiger partial charge in [0.1, 0.15) is 0 Å². The highest BCUT2D eigenvalue weighted by Crippen LogP contribution is 2.36. The Balaban J connectivity index is 1.14. The first-order valence-corrected chi connectivity index (χ1v) is 11.3. The van der Waals surface area contributed by atoms with Crippen molar-refractivity contribution >= 4 is 34.1 Å². The van der Waals surface area contributed by atoms with Gasteiger partial charge in [-0.3, -0.25) is 24.8 Å². The average Bonchev–Trinajstić information content (AvgIpc) is 3.28. The highest BCUT2D eigenvalue weighted by Gasteiger charge is 2.33. The summed E-state index contributed by atoms with van der Waals surface area (Å²) in [4.78, 5) is 35.4. The van der Waals surface area contributed by atoms with Crippen LogP contribution in [-0.2, 0) is 11.2 Å². The van der Waals surface area contributed by atoms with Crippen LogP contribution in [0.3, 0.4) is 0 Å². The molecule has 9 heteroatoms. The first kappa shape index (κ1) is 22.3. The lowest BCUT2D eigenvalue weighted by atomic mass is 9.78. The van der Waals surface area contributed by atoms with Crippen LogP contribution in [0.25, 0.3) is 10.8 Å². The van der Waals surface area contributed by atoms with Crippen molar-refractivity contribution in [3.05, 3.63) is 99.7 Å². The van der Waals surface area contributed by atoms with Crippen LogP contribution < -0.4 is 10.6 Å². The number of benzene rings is 3. The molecule has 3 aromatic carbocycles. The monoisotopic (exact) mass is 469 g/mol. The number of non-ortho nitro benzene ring substituents is 1. The van der Waals surface area contributed by atoms with E-state index < -0.39 is 4.92 Å². The Bertz CT molecular complexity index is 1420. The van der Waals surface area contributed by atoms with Gasteiger partial charge >= 0.3 is 0 Å². The van der Waals surface area contributed by atoms with Crippen LogP contribution in [0.5, 0.6) is 0 Å². The third-order valence-corrected chi connectivity index (χ3v) is 6.33. The lowest BCUT2D eigenvalue weighted by Gasteiger charge is -2.35. The second kappa shape index (κ2) is 9.38. The Hall–Kier alpha value is -4.53. The second-order valence-corrected chi connectivity index (χ2v) is 8.72. The van der Waals surface area contributed by atoms with Crippen LogP contribution in [0.2, 0.25) is 0 Å². The fourth-order valence-corrected chi connectivity index (χ4v) is 4.44. The summed E-state index contributed by atoms with van der Waals surface area (Å²) in [6.07, 6.45) is 1.68. The predicted octanol–water partition coefficient (Wildman–Crippen LogP) is 4.33. The minimum atomic E-state index is -0.521. The van der Waals surface area contributed by atoms with Gasteiger partial charge in [0.2, 0.25) is 5.91 Å². The van der Waals surface area contributed by atoms with Crippen molar-refractivity contribution in [3.8, 4) is 0 Å². The summed E-state index contributed by atoms with van der Waals surface area (Å²) >= 11 is 0. The summed E-state index contributed by atoms with van der Waals surface area (Å²) in [5.41, 5.74) is 2.00. The lowest BCUT2D eigenvalue weighted by Crippen LogP contribution is -2.43. The van der Waals surface area contributed by atoms with Gasteiger partial charge in [-0.2, -0.15) is 5.10 Å². The molecule has 0 radical (unpaired) electrons. The maximum Gasteiger partial charge on any atom is 0.270 e. The molecular weight excluding hydrogens is 446 g/mol. The zero-order chi connectivity index (χ0) is 24.4. The molecule has 1 heterocycles. The van der Waals surface area contributed by atoms with E-state index in [1.807, 2.05) is 48.5 Å². The molecule has 5 rings (SSSR count). The van der Waals surface area contributed by atoms with E-state index >= 15 is 0 Å². The molecule has 3 N–H and O–H groups in total. The molecule has 1 aromatic heterocycles. The van der Waals surface area contributed by atoms with Crippen molar-refractivity contribution in [2.45, 2.75) is 31.2 Å². The molecule has 0 spiro atoms. The molecule has 0 unspecified atom stereocenters. The third kappa shape index (κ3) is 4.89. The maximum atomic E-state index is 12.6. The Labute approximate surface area is 200 Å². The molecule has 0 atom stereocenters. The number of carbonyl (C=O) groups is 2. The topological polar surface area (TPSA) is 130 Å². The summed E-state index contributed by atoms with van der Waals surface area (Å²) < 4.78 is 0. The van der Waals surface area contributed by atoms with E-state index in [1.54, 1.807) is 6.07 Å². The van der Waals surface area contributed by atoms with Crippen LogP contribution >= 0.6 is 0 Å². The summed E-state index contributed by atoms with van der Waals surface area (Å²) in [7, 11) is 0. The number of nitrogens with zero attached hydrogens (tertiary/aromatic N) is 2. The molecule has 176 valence electrons. The Morgan fingerprint density at radius 3 is 2.63 bits per heavy atom. The summed E-state index contributed by atoms with van der Waals surface area (Å²) in [6, 6.07) is 21.4. The fraction of sp³-hybridized carbons (Fsp3) is 0.192. The fourth-order valence-electron chi connectivity index (χ4n) is 4.44. The van der Waals surface area contributed by atoms with Crippen LogP contribution in [0.15, 0.2) is 72.8 Å². The number of nitrogens with one attached hydrogen (secondary N) is 3. The predicted molar refractivity (Wildman–Crippen MR) is 131 cm³/mol. The lowest BCUT2D eigenvalue weighted by molar-refractivity contribution is -0.384. The number of nitro benzene ring substituents is 1. The zero-order valence-corrected chi connectivity index (χ0v) is 18.7. The Morgan fingerprint density at radius 2 is 1.80 bits per heavy atom. The van der Waals surface area contributed by atoms with Crippen molar-refractivity contribution < 1.29 is 14.5 Å². The first-order chi connectivity index (χ1) is 17.0. The number of amides is 2. The van der Waals surface area contributed by atoms with Crippen LogP contribution in [0, 0.1) is 10.1 Å². The van der Waals surface area contributed by atoms with Crippen LogP contribution in [0.4, 0.5) is 11.5 Å². The molecule has 9 nitrogen and oxygen atoms in total. The van der Waals surface area contributed by atoms with E-state index in [2.05, 4.69) is 20.8 Å². The van der Waals surface area contributed by atoms with E-state index in [0.717, 1.165) is 22.0 Å². The molecular formula is C26H23N5O4. The SMILES string of the molecule is O=C(Cc1cccc2ccccc12)Nc1cc([C@H]2C[C@@H](NC(=O)c3cccc([N+](=O)[O-])c3)C2)[nH]n1. The average molecular weight is 470 g/mol. The van der Waals surface area contributed by atoms with Gasteiger partial charge in [0.15, 0.2) is 5.82 Å². The largest absolute Gasteiger partial charge is 0.349 e. The Kier molecular flexibility index (Phi) is 5.97. The molecule has 1 saturated carbocycles. The quantitative estimate of drug-likeness (QED) is 0.274. The number of aromatic nitrogens is 2. The van der Waals surface area contributed by atoms with Gasteiger partial charge in [-0.25, -0.2) is 0 Å². The molecule has 4 aromatic rings. The number of anilines is 1. The number of H-pyrrole nitrogens is 1. The molecule has 0 saturated heterocycles. The van der Waals surface area contributed by atoms with E-state index in [0.29, 0.717) is 18.7 Å². The molecule has 35 heavy (non-hydrogen) atoms. The number of hydrogen-bond acceptors (Lipinski definition) is 5. The van der Waals surface area contributed by atoms with E-state index in [1.165, 1.54) is 18.2 Å². The number of rotatable bonds is 7. The van der Waals surface area contributed by atoms with Crippen molar-refractivity contribution in [1.82, 2.24) is 15.5 Å². The van der Waals surface area contributed by atoms with E-state index in [9.17, 15) is 19.7 Å². The van der Waals surface area contributed by atoms with Gasteiger partial charge in [0, 0.05) is 41.4 Å². The summed E-state index contributed by atoms with van der Waals surface area (Å²) in [5.74, 6) is 0.175. The number of fused-ring (bicyclic) bond motifs is 1. The van der Waals surface area contributed by atoms with Gasteiger partial charge in [-0.1, -0.05) is 48.5 Å². The molecule has 0 bridgehead atoms. The minimum absolute atomic E-state index is 0.0283. The summed E-state index contributed by atoms with van der Waals surface area (Å²) in [6.45, 7) is 0. The van der Waals surface area contributed by atoms with E-state index in [4.69, 9.17) is 0 Å². The number of hydrogen-bond donors (Lipinski definition) is 3. The summed E-state index contributed by atoms with van der Waals surface area (Å²) in [5, 5.41) is 26.0. The standard InChI is InChI=1S/C26H23N5O4/c32-25(14-17-7-3-6-16-5-1-2-10-22(16)17)28-24-15-23(29-30-24)19-11-20(12-19)27-26(33)18-8-4-9-21(13-18)31(34)35/h1-10,13,15,19-20H,11-12,14H2,(H,27,33)(H2,28,29,30,32)/t19-,20+. The van der Waals surface area contributed by atoms with Gasteiger partial charge in [-0.15, -0.1) is 0 Å². The van der Waals surface area contributed by atoms with Gasteiger partial charge in [0.05, 0.1) is 11.3 Å². The minimum Gasteiger partial charge on any atom is -0.349 e. The van der Waals surface area contributed by atoms with Gasteiger partial charge in [-0.05, 0) is 35.2 Å². The maximum absolute atomic E-state index is 12.6. The third-order valence-electron chi connectivity index (χ3n) is 6.33. The highest BCUT2D eigenvalue weighted by atomic mass is 16.6. The zero-order valence-electron chi connectivity index (χ0n) is 18.7. The van der Waals surface area contributed by atoms with Gasteiger partial charge in [0.25, 0.3) is 11.6 Å². The van der Waals surface area contributed by atoms with Crippen molar-refractivity contribution in [2.24, 2.45) is 0 Å². The van der Waals surface area contributed by atoms with Gasteiger partial charge < -0.3 is 10.6 Å². The van der Waals surface area contributed by atoms with Crippen LogP contribution in [-0.4, -0.2) is 33.0 Å².